The smallest absolute Gasteiger partial charge is 0.227 e. The fourth-order valence-corrected chi connectivity index (χ4v) is 2.44. The quantitative estimate of drug-likeness (QED) is 0.203. The summed E-state index contributed by atoms with van der Waals surface area (Å²) in [4.78, 5) is 0. The van der Waals surface area contributed by atoms with Crippen LogP contribution in [-0.2, 0) is 18.1 Å². The second-order valence-corrected chi connectivity index (χ2v) is 6.93. The molecule has 0 saturated carbocycles. The minimum atomic E-state index is -9.27. The first-order chi connectivity index (χ1) is 14.6. The molecule has 0 aromatic rings. The zero-order chi connectivity index (χ0) is 29.1. The molecule has 26 heteroatoms. The van der Waals surface area contributed by atoms with Gasteiger partial charge >= 0.3 is 62.4 Å². The van der Waals surface area contributed by atoms with Gasteiger partial charge in [-0.2, -0.15) is 92.2 Å². The lowest BCUT2D eigenvalue weighted by Crippen LogP contribution is -2.56. The number of phosphoric ester groups is 1. The van der Waals surface area contributed by atoms with E-state index in [0.29, 0.717) is 0 Å². The maximum atomic E-state index is 13.1. The third kappa shape index (κ3) is 6.14. The third-order valence-electron chi connectivity index (χ3n) is 2.84. The van der Waals surface area contributed by atoms with Crippen LogP contribution >= 0.6 is 7.82 Å². The summed E-state index contributed by atoms with van der Waals surface area (Å²) in [5.74, 6) is -23.9. The number of alkyl halides is 21. The van der Waals surface area contributed by atoms with Crippen molar-refractivity contribution in [2.24, 2.45) is 0 Å². The lowest BCUT2D eigenvalue weighted by molar-refractivity contribution is -0.433. The second kappa shape index (κ2) is 8.60. The van der Waals surface area contributed by atoms with Gasteiger partial charge in [-0.05, 0) is 0 Å². The number of rotatable bonds is 9. The molecule has 0 amide bonds. The van der Waals surface area contributed by atoms with Crippen molar-refractivity contribution < 1.29 is 110 Å². The van der Waals surface area contributed by atoms with Crippen molar-refractivity contribution in [2.75, 3.05) is 0 Å². The van der Waals surface area contributed by atoms with Gasteiger partial charge in [0.2, 0.25) is 0 Å². The molecule has 0 bridgehead atoms. The van der Waals surface area contributed by atoms with Crippen molar-refractivity contribution in [1.29, 1.82) is 0 Å². The van der Waals surface area contributed by atoms with Crippen molar-refractivity contribution in [1.82, 2.24) is 0 Å². The monoisotopic (exact) mass is 602 g/mol. The molecule has 0 heterocycles. The summed E-state index contributed by atoms with van der Waals surface area (Å²) < 4.78 is 278. The van der Waals surface area contributed by atoms with E-state index in [0.717, 1.165) is 0 Å². The van der Waals surface area contributed by atoms with E-state index in [-0.39, 0.29) is 0 Å². The van der Waals surface area contributed by atoms with Crippen molar-refractivity contribution in [2.45, 2.75) is 54.6 Å². The number of hydrogen-bond donors (Lipinski definition) is 0. The molecular weight excluding hydrogens is 602 g/mol. The first-order valence-corrected chi connectivity index (χ1v) is 8.27. The topological polar surface area (TPSA) is 44.8 Å². The molecule has 0 N–H and O–H groups in total. The van der Waals surface area contributed by atoms with Crippen LogP contribution in [0.2, 0.25) is 0 Å². The summed E-state index contributed by atoms with van der Waals surface area (Å²) in [6.45, 7) is 0. The normalized spacial score (nSPS) is 16.6. The molecule has 35 heavy (non-hydrogen) atoms. The molecule has 0 unspecified atom stereocenters. The lowest BCUT2D eigenvalue weighted by Gasteiger charge is -2.35. The Labute approximate surface area is 174 Å². The Morgan fingerprint density at radius 1 is 0.343 bits per heavy atom. The molecule has 0 atom stereocenters. The molecule has 0 saturated heterocycles. The molecular formula is C9F21O4P. The van der Waals surface area contributed by atoms with E-state index < -0.39 is 62.4 Å². The molecule has 0 fully saturated rings. The minimum Gasteiger partial charge on any atom is -0.227 e. The van der Waals surface area contributed by atoms with E-state index >= 15 is 0 Å². The van der Waals surface area contributed by atoms with Gasteiger partial charge in [0.05, 0.1) is 0 Å². The van der Waals surface area contributed by atoms with Crippen LogP contribution in [0.25, 0.3) is 0 Å². The van der Waals surface area contributed by atoms with Crippen LogP contribution in [0.5, 0.6) is 0 Å². The predicted octanol–water partition coefficient (Wildman–Crippen LogP) is 7.52. The van der Waals surface area contributed by atoms with Gasteiger partial charge in [0.1, 0.15) is 0 Å². The summed E-state index contributed by atoms with van der Waals surface area (Å²) in [5, 5.41) is 0. The molecule has 0 aromatic carbocycles. The van der Waals surface area contributed by atoms with Gasteiger partial charge in [-0.15, -0.1) is 0 Å². The van der Waals surface area contributed by atoms with Crippen molar-refractivity contribution in [3.05, 3.63) is 0 Å². The van der Waals surface area contributed by atoms with E-state index in [4.69, 9.17) is 0 Å². The molecule has 0 aliphatic heterocycles. The Hall–Kier alpha value is -1.36. The van der Waals surface area contributed by atoms with Crippen LogP contribution < -0.4 is 0 Å². The van der Waals surface area contributed by atoms with E-state index in [1.54, 1.807) is 0 Å². The van der Waals surface area contributed by atoms with Crippen LogP contribution in [-0.4, -0.2) is 54.6 Å². The summed E-state index contributed by atoms with van der Waals surface area (Å²) in [7, 11) is -9.27. The van der Waals surface area contributed by atoms with E-state index in [1.807, 2.05) is 0 Å². The number of phosphoric acid groups is 1. The van der Waals surface area contributed by atoms with Gasteiger partial charge in [-0.25, -0.2) is 18.1 Å². The van der Waals surface area contributed by atoms with Crippen LogP contribution in [0.15, 0.2) is 0 Å². The molecule has 4 nitrogen and oxygen atoms in total. The Balaban J connectivity index is 6.91. The number of halogens is 21. The van der Waals surface area contributed by atoms with Gasteiger partial charge in [0, 0.05) is 0 Å². The minimum absolute atomic E-state index is 1.45. The van der Waals surface area contributed by atoms with E-state index in [1.165, 1.54) is 13.6 Å². The highest BCUT2D eigenvalue weighted by Crippen LogP contribution is 2.67. The maximum Gasteiger partial charge on any atom is 0.489 e. The Kier molecular flexibility index (Phi) is 8.27. The van der Waals surface area contributed by atoms with Gasteiger partial charge in [0.15, 0.2) is 0 Å². The highest BCUT2D eigenvalue weighted by atomic mass is 31.2. The zero-order valence-electron chi connectivity index (χ0n) is 14.5. The number of hydrogen-bond acceptors (Lipinski definition) is 4. The van der Waals surface area contributed by atoms with Crippen LogP contribution in [0.1, 0.15) is 0 Å². The Morgan fingerprint density at radius 2 is 0.486 bits per heavy atom. The molecule has 0 spiro atoms. The van der Waals surface area contributed by atoms with Crippen LogP contribution in [0.4, 0.5) is 92.2 Å². The highest BCUT2D eigenvalue weighted by molar-refractivity contribution is 7.48. The van der Waals surface area contributed by atoms with Gasteiger partial charge in [-0.3, -0.25) is 0 Å². The van der Waals surface area contributed by atoms with Gasteiger partial charge in [0.25, 0.3) is 0 Å². The van der Waals surface area contributed by atoms with E-state index in [9.17, 15) is 96.8 Å². The maximum absolute atomic E-state index is 13.1. The van der Waals surface area contributed by atoms with Crippen LogP contribution in [0, 0.1) is 0 Å². The average Bonchev–Trinajstić information content (AvgIpc) is 2.48. The van der Waals surface area contributed by atoms with Gasteiger partial charge < -0.3 is 0 Å². The Morgan fingerprint density at radius 3 is 0.600 bits per heavy atom. The first-order valence-electron chi connectivity index (χ1n) is 6.81. The van der Waals surface area contributed by atoms with Gasteiger partial charge in [-0.1, -0.05) is 0 Å². The summed E-state index contributed by atoms with van der Waals surface area (Å²) in [6.07, 6.45) is -47.1. The molecule has 0 rings (SSSR count). The van der Waals surface area contributed by atoms with Crippen molar-refractivity contribution in [3.63, 3.8) is 0 Å². The predicted molar refractivity (Wildman–Crippen MR) is 58.7 cm³/mol. The summed E-state index contributed by atoms with van der Waals surface area (Å²) in [6, 6.07) is 0. The molecule has 0 aliphatic rings. The van der Waals surface area contributed by atoms with E-state index in [2.05, 4.69) is 0 Å². The summed E-state index contributed by atoms with van der Waals surface area (Å²) in [5.41, 5.74) is 0. The fraction of sp³-hybridized carbons (Fsp3) is 1.00. The molecule has 0 radical (unpaired) electrons. The standard InChI is InChI=1S/C9F21O4P/c10-1(11,4(16,17)18)7(25,26)32-35(31,33-8(27,28)2(12,13)5(19,20)21)34-9(29,30)3(14,15)6(22,23)24. The van der Waals surface area contributed by atoms with Crippen LogP contribution in [0.3, 0.4) is 0 Å². The molecule has 0 aromatic heterocycles. The average molecular weight is 602 g/mol. The second-order valence-electron chi connectivity index (χ2n) is 5.49. The Bertz CT molecular complexity index is 700. The van der Waals surface area contributed by atoms with Crippen molar-refractivity contribution >= 4 is 7.82 Å². The molecule has 0 aliphatic carbocycles. The first kappa shape index (κ1) is 33.6. The fourth-order valence-electron chi connectivity index (χ4n) is 1.14. The summed E-state index contributed by atoms with van der Waals surface area (Å²) >= 11 is 0. The SMILES string of the molecule is O=P(OC(F)(F)C(F)(F)C(F)(F)F)(OC(F)(F)C(F)(F)C(F)(F)F)OC(F)(F)C(F)(F)C(F)(F)F. The highest BCUT2D eigenvalue weighted by Gasteiger charge is 2.82. The van der Waals surface area contributed by atoms with Crippen molar-refractivity contribution in [3.8, 4) is 0 Å². The molecule has 212 valence electrons. The largest absolute Gasteiger partial charge is 0.489 e. The zero-order valence-corrected chi connectivity index (χ0v) is 15.4. The third-order valence-corrected chi connectivity index (χ3v) is 4.20. The lowest BCUT2D eigenvalue weighted by atomic mass is 10.3.